The van der Waals surface area contributed by atoms with Crippen LogP contribution in [0.4, 0.5) is 10.5 Å². The third kappa shape index (κ3) is 5.32. The quantitative estimate of drug-likeness (QED) is 0.221. The van der Waals surface area contributed by atoms with Crippen molar-refractivity contribution in [2.75, 3.05) is 14.2 Å². The summed E-state index contributed by atoms with van der Waals surface area (Å²) in [4.78, 5) is 48.1. The Morgan fingerprint density at radius 2 is 2.00 bits per heavy atom. The number of hydrogen-bond acceptors (Lipinski definition) is 9. The molecule has 2 aromatic carbocycles. The van der Waals surface area contributed by atoms with Crippen LogP contribution in [0.25, 0.3) is 6.08 Å². The molecule has 10 nitrogen and oxygen atoms in total. The molecule has 3 rings (SSSR count). The molecule has 0 spiro atoms. The maximum atomic E-state index is 12.7. The molecule has 0 unspecified atom stereocenters. The van der Waals surface area contributed by atoms with Crippen molar-refractivity contribution in [3.8, 4) is 11.5 Å². The standard InChI is InChI=1S/C22H19ClN2O8S/c1-12(21(27)32-3)24-20(26)18(34-22(24)28)10-14-8-16(23)19(17(9-14)31-2)33-11-13-5-4-6-15(7-13)25(29)30/h4-10,12H,11H2,1-3H3/b18-10+/t12-/m0/s1. The number of imide groups is 1. The van der Waals surface area contributed by atoms with Crippen LogP contribution in [0.15, 0.2) is 41.3 Å². The van der Waals surface area contributed by atoms with Crippen molar-refractivity contribution in [3.63, 3.8) is 0 Å². The molecule has 1 fully saturated rings. The fourth-order valence-corrected chi connectivity index (χ4v) is 4.30. The van der Waals surface area contributed by atoms with Gasteiger partial charge >= 0.3 is 5.97 Å². The van der Waals surface area contributed by atoms with Crippen molar-refractivity contribution < 1.29 is 33.5 Å². The molecule has 1 aliphatic rings. The highest BCUT2D eigenvalue weighted by Crippen LogP contribution is 2.39. The van der Waals surface area contributed by atoms with Crippen LogP contribution in [0.3, 0.4) is 0 Å². The SMILES string of the molecule is COC(=O)[C@H](C)N1C(=O)S/C(=C/c2cc(Cl)c(OCc3cccc([N+](=O)[O-])c3)c(OC)c2)C1=O. The fourth-order valence-electron chi connectivity index (χ4n) is 3.12. The molecular formula is C22H19ClN2O8S. The average Bonchev–Trinajstić information content (AvgIpc) is 3.09. The lowest BCUT2D eigenvalue weighted by Crippen LogP contribution is -2.42. The zero-order valence-electron chi connectivity index (χ0n) is 18.3. The molecule has 0 N–H and O–H groups in total. The van der Waals surface area contributed by atoms with Crippen molar-refractivity contribution >= 4 is 52.2 Å². The number of esters is 1. The van der Waals surface area contributed by atoms with E-state index in [9.17, 15) is 24.5 Å². The van der Waals surface area contributed by atoms with Crippen LogP contribution in [-0.2, 0) is 20.9 Å². The minimum atomic E-state index is -1.06. The second-order valence-corrected chi connectivity index (χ2v) is 8.40. The number of non-ortho nitro benzene ring substituents is 1. The molecule has 178 valence electrons. The normalized spacial score (nSPS) is 15.4. The van der Waals surface area contributed by atoms with Gasteiger partial charge in [-0.15, -0.1) is 0 Å². The first-order valence-corrected chi connectivity index (χ1v) is 10.9. The van der Waals surface area contributed by atoms with Crippen LogP contribution >= 0.6 is 23.4 Å². The highest BCUT2D eigenvalue weighted by molar-refractivity contribution is 8.18. The van der Waals surface area contributed by atoms with E-state index in [2.05, 4.69) is 4.74 Å². The summed E-state index contributed by atoms with van der Waals surface area (Å²) in [5, 5.41) is 10.5. The lowest BCUT2D eigenvalue weighted by Gasteiger charge is -2.18. The maximum absolute atomic E-state index is 12.7. The summed E-state index contributed by atoms with van der Waals surface area (Å²) in [5.41, 5.74) is 0.954. The van der Waals surface area contributed by atoms with E-state index in [1.807, 2.05) is 0 Å². The lowest BCUT2D eigenvalue weighted by molar-refractivity contribution is -0.384. The van der Waals surface area contributed by atoms with Crippen molar-refractivity contribution in [1.82, 2.24) is 4.90 Å². The lowest BCUT2D eigenvalue weighted by atomic mass is 10.1. The summed E-state index contributed by atoms with van der Waals surface area (Å²) < 4.78 is 15.7. The van der Waals surface area contributed by atoms with Crippen molar-refractivity contribution in [2.45, 2.75) is 19.6 Å². The van der Waals surface area contributed by atoms with Gasteiger partial charge in [-0.05, 0) is 48.0 Å². The van der Waals surface area contributed by atoms with E-state index in [4.69, 9.17) is 21.1 Å². The Bertz CT molecular complexity index is 1200. The monoisotopic (exact) mass is 506 g/mol. The second kappa shape index (κ2) is 10.6. The number of hydrogen-bond donors (Lipinski definition) is 0. The average molecular weight is 507 g/mol. The van der Waals surface area contributed by atoms with Gasteiger partial charge in [-0.2, -0.15) is 0 Å². The van der Waals surface area contributed by atoms with Gasteiger partial charge in [0.05, 0.1) is 29.1 Å². The first-order valence-electron chi connectivity index (χ1n) is 9.74. The third-order valence-electron chi connectivity index (χ3n) is 4.81. The van der Waals surface area contributed by atoms with Crippen LogP contribution in [0.2, 0.25) is 5.02 Å². The number of benzene rings is 2. The number of amides is 2. The zero-order chi connectivity index (χ0) is 25.0. The maximum Gasteiger partial charge on any atom is 0.328 e. The van der Waals surface area contributed by atoms with Crippen LogP contribution in [0, 0.1) is 10.1 Å². The van der Waals surface area contributed by atoms with E-state index in [1.54, 1.807) is 18.2 Å². The number of nitro groups is 1. The van der Waals surface area contributed by atoms with Crippen molar-refractivity contribution in [3.05, 3.63) is 67.6 Å². The molecule has 2 aromatic rings. The number of rotatable bonds is 8. The van der Waals surface area contributed by atoms with Gasteiger partial charge in [0.25, 0.3) is 16.8 Å². The predicted octanol–water partition coefficient (Wildman–Crippen LogP) is 4.43. The van der Waals surface area contributed by atoms with E-state index in [0.717, 1.165) is 4.90 Å². The number of halogens is 1. The number of carbonyl (C=O) groups excluding carboxylic acids is 3. The topological polar surface area (TPSA) is 125 Å². The fraction of sp³-hybridized carbons (Fsp3) is 0.227. The van der Waals surface area contributed by atoms with E-state index < -0.39 is 28.1 Å². The van der Waals surface area contributed by atoms with Gasteiger partial charge in [-0.3, -0.25) is 24.6 Å². The second-order valence-electron chi connectivity index (χ2n) is 7.00. The van der Waals surface area contributed by atoms with E-state index in [0.29, 0.717) is 22.9 Å². The smallest absolute Gasteiger partial charge is 0.328 e. The molecule has 1 heterocycles. The van der Waals surface area contributed by atoms with E-state index >= 15 is 0 Å². The largest absolute Gasteiger partial charge is 0.493 e. The highest BCUT2D eigenvalue weighted by atomic mass is 35.5. The molecule has 2 amide bonds. The molecule has 1 atom stereocenters. The summed E-state index contributed by atoms with van der Waals surface area (Å²) in [6, 6.07) is 8.00. The number of ether oxygens (including phenoxy) is 3. The molecule has 0 saturated carbocycles. The molecule has 0 radical (unpaired) electrons. The molecular weight excluding hydrogens is 488 g/mol. The molecule has 1 aliphatic heterocycles. The Labute approximate surface area is 203 Å². The number of thioether (sulfide) groups is 1. The Balaban J connectivity index is 1.83. The van der Waals surface area contributed by atoms with Gasteiger partial charge in [0.1, 0.15) is 12.6 Å². The molecule has 0 aliphatic carbocycles. The Kier molecular flexibility index (Phi) is 7.79. The van der Waals surface area contributed by atoms with E-state index in [1.165, 1.54) is 45.4 Å². The first-order chi connectivity index (χ1) is 16.2. The molecule has 0 aromatic heterocycles. The van der Waals surface area contributed by atoms with Gasteiger partial charge in [-0.1, -0.05) is 23.7 Å². The van der Waals surface area contributed by atoms with Crippen molar-refractivity contribution in [1.29, 1.82) is 0 Å². The molecule has 12 heteroatoms. The minimum Gasteiger partial charge on any atom is -0.493 e. The van der Waals surface area contributed by atoms with Crippen molar-refractivity contribution in [2.24, 2.45) is 0 Å². The zero-order valence-corrected chi connectivity index (χ0v) is 19.8. The Morgan fingerprint density at radius 1 is 1.26 bits per heavy atom. The molecule has 34 heavy (non-hydrogen) atoms. The molecule has 0 bridgehead atoms. The van der Waals surface area contributed by atoms with E-state index in [-0.39, 0.29) is 33.7 Å². The number of methoxy groups -OCH3 is 2. The number of nitro benzene ring substituents is 1. The summed E-state index contributed by atoms with van der Waals surface area (Å²) >= 11 is 7.07. The van der Waals surface area contributed by atoms with Crippen LogP contribution in [0.5, 0.6) is 11.5 Å². The predicted molar refractivity (Wildman–Crippen MR) is 125 cm³/mol. The number of nitrogens with zero attached hydrogens (tertiary/aromatic N) is 2. The Hall–Kier alpha value is -3.57. The van der Waals surface area contributed by atoms with Gasteiger partial charge in [-0.25, -0.2) is 4.79 Å². The van der Waals surface area contributed by atoms with Gasteiger partial charge in [0.15, 0.2) is 11.5 Å². The van der Waals surface area contributed by atoms with Gasteiger partial charge in [0, 0.05) is 12.1 Å². The molecule has 1 saturated heterocycles. The summed E-state index contributed by atoms with van der Waals surface area (Å²) in [6.07, 6.45) is 1.45. The summed E-state index contributed by atoms with van der Waals surface area (Å²) in [5.74, 6) is -0.876. The van der Waals surface area contributed by atoms with Crippen LogP contribution in [-0.4, -0.2) is 47.2 Å². The minimum absolute atomic E-state index is 0.00140. The van der Waals surface area contributed by atoms with Gasteiger partial charge < -0.3 is 14.2 Å². The summed E-state index contributed by atoms with van der Waals surface area (Å²) in [6.45, 7) is 1.40. The first kappa shape index (κ1) is 25.1. The Morgan fingerprint density at radius 3 is 2.65 bits per heavy atom. The summed E-state index contributed by atoms with van der Waals surface area (Å²) in [7, 11) is 2.58. The highest BCUT2D eigenvalue weighted by Gasteiger charge is 2.41. The van der Waals surface area contributed by atoms with Gasteiger partial charge in [0.2, 0.25) is 0 Å². The van der Waals surface area contributed by atoms with Crippen LogP contribution in [0.1, 0.15) is 18.1 Å². The number of carbonyl (C=O) groups is 3. The van der Waals surface area contributed by atoms with Crippen LogP contribution < -0.4 is 9.47 Å². The third-order valence-corrected chi connectivity index (χ3v) is 5.97.